The lowest BCUT2D eigenvalue weighted by Crippen LogP contribution is -2.35. The molecule has 0 bridgehead atoms. The molecule has 0 aliphatic rings. The minimum atomic E-state index is -4.12. The van der Waals surface area contributed by atoms with Gasteiger partial charge in [-0.3, -0.25) is 9.29 Å². The zero-order valence-corrected chi connectivity index (χ0v) is 22.4. The van der Waals surface area contributed by atoms with Gasteiger partial charge < -0.3 is 18.9 Å². The van der Waals surface area contributed by atoms with Crippen LogP contribution in [0, 0.1) is 0 Å². The maximum atomic E-state index is 13.6. The van der Waals surface area contributed by atoms with Gasteiger partial charge in [-0.2, -0.15) is 0 Å². The molecule has 196 valence electrons. The highest BCUT2D eigenvalue weighted by Gasteiger charge is 2.36. The van der Waals surface area contributed by atoms with Crippen molar-refractivity contribution >= 4 is 27.6 Å². The van der Waals surface area contributed by atoms with Gasteiger partial charge in [-0.05, 0) is 32.9 Å². The molecule has 36 heavy (non-hydrogen) atoms. The van der Waals surface area contributed by atoms with Gasteiger partial charge in [0.05, 0.1) is 25.3 Å². The normalized spacial score (nSPS) is 13.4. The Balaban J connectivity index is 2.07. The molecule has 0 radical (unpaired) electrons. The quantitative estimate of drug-likeness (QED) is 0.364. The Bertz CT molecular complexity index is 1250. The molecule has 1 aromatic carbocycles. The Morgan fingerprint density at radius 2 is 1.64 bits per heavy atom. The van der Waals surface area contributed by atoms with Crippen LogP contribution in [0.15, 0.2) is 30.6 Å². The Morgan fingerprint density at radius 3 is 2.17 bits per heavy atom. The van der Waals surface area contributed by atoms with E-state index in [0.29, 0.717) is 28.0 Å². The summed E-state index contributed by atoms with van der Waals surface area (Å²) >= 11 is 5.91. The first-order chi connectivity index (χ1) is 17.1. The molecular weight excluding hydrogens is 512 g/mol. The summed E-state index contributed by atoms with van der Waals surface area (Å²) < 4.78 is 53.3. The van der Waals surface area contributed by atoms with Gasteiger partial charge in [0.2, 0.25) is 16.0 Å². The molecule has 12 nitrogen and oxygen atoms in total. The van der Waals surface area contributed by atoms with E-state index in [9.17, 15) is 8.42 Å². The molecule has 2 heterocycles. The Hall–Kier alpha value is -3.00. The second kappa shape index (κ2) is 11.8. The van der Waals surface area contributed by atoms with Crippen molar-refractivity contribution in [3.05, 3.63) is 47.3 Å². The zero-order valence-electron chi connectivity index (χ0n) is 20.8. The van der Waals surface area contributed by atoms with Crippen molar-refractivity contribution in [1.82, 2.24) is 24.7 Å². The number of benzene rings is 1. The number of hydrogen-bond donors (Lipinski definition) is 1. The summed E-state index contributed by atoms with van der Waals surface area (Å²) in [5, 5.41) is 7.38. The van der Waals surface area contributed by atoms with E-state index in [1.165, 1.54) is 45.2 Å². The number of nitrogens with zero attached hydrogens (tertiary/aromatic N) is 5. The van der Waals surface area contributed by atoms with Crippen molar-refractivity contribution in [3.8, 4) is 17.2 Å². The molecule has 2 atom stereocenters. The molecule has 0 fully saturated rings. The first-order valence-electron chi connectivity index (χ1n) is 10.9. The van der Waals surface area contributed by atoms with Crippen molar-refractivity contribution < 1.29 is 27.4 Å². The minimum absolute atomic E-state index is 0.0448. The number of hydrogen-bond acceptors (Lipinski definition) is 10. The van der Waals surface area contributed by atoms with E-state index in [-0.39, 0.29) is 24.5 Å². The lowest BCUT2D eigenvalue weighted by molar-refractivity contribution is 0.00154. The van der Waals surface area contributed by atoms with Gasteiger partial charge in [-0.25, -0.2) is 18.4 Å². The fraction of sp³-hybridized carbons (Fsp3) is 0.455. The topological polar surface area (TPSA) is 140 Å². The Labute approximate surface area is 215 Å². The van der Waals surface area contributed by atoms with E-state index in [4.69, 9.17) is 30.5 Å². The summed E-state index contributed by atoms with van der Waals surface area (Å²) in [6.07, 6.45) is 1.47. The number of rotatable bonds is 12. The van der Waals surface area contributed by atoms with Gasteiger partial charge >= 0.3 is 0 Å². The number of aromatic nitrogens is 5. The standard InChI is InChI=1S/C22H29ClN6O6S/c1-13(2)35-20(21-24-10-15(23)11-25-21)14(3)36(30,31)28-22-27-26-18(12-32-4)29(22)19-16(33-5)8-7-9-17(19)34-6/h7-11,13-14,20H,12H2,1-6H3,(H,27,28)/t14-,20+/m0/s1. The molecule has 0 aliphatic heterocycles. The van der Waals surface area contributed by atoms with Crippen molar-refractivity contribution in [1.29, 1.82) is 0 Å². The molecule has 0 saturated heterocycles. The van der Waals surface area contributed by atoms with Crippen LogP contribution < -0.4 is 14.2 Å². The average Bonchev–Trinajstić information content (AvgIpc) is 3.22. The third kappa shape index (κ3) is 6.03. The van der Waals surface area contributed by atoms with Crippen LogP contribution in [0.1, 0.15) is 38.5 Å². The molecule has 1 N–H and O–H groups in total. The Morgan fingerprint density at radius 1 is 1.03 bits per heavy atom. The summed E-state index contributed by atoms with van der Waals surface area (Å²) in [5.74, 6) is 1.24. The maximum absolute atomic E-state index is 13.6. The van der Waals surface area contributed by atoms with E-state index in [1.54, 1.807) is 32.0 Å². The number of ether oxygens (including phenoxy) is 4. The van der Waals surface area contributed by atoms with Crippen molar-refractivity contribution in [2.24, 2.45) is 0 Å². The third-order valence-electron chi connectivity index (χ3n) is 5.09. The van der Waals surface area contributed by atoms with Gasteiger partial charge in [0.1, 0.15) is 35.1 Å². The third-order valence-corrected chi connectivity index (χ3v) is 6.98. The summed E-state index contributed by atoms with van der Waals surface area (Å²) in [6.45, 7) is 5.12. The second-order valence-electron chi connectivity index (χ2n) is 7.94. The number of anilines is 1. The molecule has 0 spiro atoms. The highest BCUT2D eigenvalue weighted by atomic mass is 35.5. The summed E-state index contributed by atoms with van der Waals surface area (Å²) in [6, 6.07) is 5.16. The van der Waals surface area contributed by atoms with Gasteiger partial charge in [0, 0.05) is 19.5 Å². The average molecular weight is 541 g/mol. The second-order valence-corrected chi connectivity index (χ2v) is 10.4. The van der Waals surface area contributed by atoms with E-state index in [1.807, 2.05) is 0 Å². The molecule has 0 saturated carbocycles. The van der Waals surface area contributed by atoms with E-state index in [0.717, 1.165) is 0 Å². The predicted molar refractivity (Wildman–Crippen MR) is 133 cm³/mol. The molecule has 3 rings (SSSR count). The largest absolute Gasteiger partial charge is 0.494 e. The number of nitrogens with one attached hydrogen (secondary N) is 1. The highest BCUT2D eigenvalue weighted by molar-refractivity contribution is 7.93. The van der Waals surface area contributed by atoms with Crippen molar-refractivity contribution in [3.63, 3.8) is 0 Å². The van der Waals surface area contributed by atoms with Crippen LogP contribution in [0.5, 0.6) is 11.5 Å². The van der Waals surface area contributed by atoms with E-state index >= 15 is 0 Å². The number of para-hydroxylation sites is 1. The molecule has 0 aliphatic carbocycles. The monoisotopic (exact) mass is 540 g/mol. The van der Waals surface area contributed by atoms with Crippen LogP contribution in [0.25, 0.3) is 5.69 Å². The van der Waals surface area contributed by atoms with E-state index < -0.39 is 21.4 Å². The summed E-state index contributed by atoms with van der Waals surface area (Å²) in [7, 11) is 0.350. The van der Waals surface area contributed by atoms with Gasteiger partial charge in [0.25, 0.3) is 0 Å². The number of halogens is 1. The summed E-state index contributed by atoms with van der Waals surface area (Å²) in [4.78, 5) is 8.34. The van der Waals surface area contributed by atoms with Crippen LogP contribution in [0.3, 0.4) is 0 Å². The van der Waals surface area contributed by atoms with Crippen LogP contribution in [0.4, 0.5) is 5.95 Å². The van der Waals surface area contributed by atoms with Crippen LogP contribution in [0.2, 0.25) is 5.02 Å². The maximum Gasteiger partial charge on any atom is 0.243 e. The fourth-order valence-corrected chi connectivity index (χ4v) is 4.60. The summed E-state index contributed by atoms with van der Waals surface area (Å²) in [5.41, 5.74) is 0.404. The van der Waals surface area contributed by atoms with Crippen LogP contribution >= 0.6 is 11.6 Å². The van der Waals surface area contributed by atoms with Gasteiger partial charge in [-0.1, -0.05) is 17.7 Å². The van der Waals surface area contributed by atoms with Crippen molar-refractivity contribution in [2.45, 2.75) is 44.8 Å². The molecule has 0 unspecified atom stereocenters. The van der Waals surface area contributed by atoms with Crippen molar-refractivity contribution in [2.75, 3.05) is 26.1 Å². The smallest absolute Gasteiger partial charge is 0.243 e. The molecule has 3 aromatic rings. The minimum Gasteiger partial charge on any atom is -0.494 e. The highest BCUT2D eigenvalue weighted by Crippen LogP contribution is 2.36. The first kappa shape index (κ1) is 27.6. The lowest BCUT2D eigenvalue weighted by atomic mass is 10.2. The van der Waals surface area contributed by atoms with Crippen LogP contribution in [-0.2, 0) is 26.1 Å². The van der Waals surface area contributed by atoms with Gasteiger partial charge in [0.15, 0.2) is 11.6 Å². The SMILES string of the molecule is COCc1nnc(NS(=O)(=O)[C@@H](C)[C@@H](OC(C)C)c2ncc(Cl)cn2)n1-c1c(OC)cccc1OC. The Kier molecular flexibility index (Phi) is 9.06. The number of methoxy groups -OCH3 is 3. The molecule has 2 aromatic heterocycles. The zero-order chi connectivity index (χ0) is 26.5. The fourth-order valence-electron chi connectivity index (χ4n) is 3.42. The van der Waals surface area contributed by atoms with Gasteiger partial charge in [-0.15, -0.1) is 10.2 Å². The number of sulfonamides is 1. The van der Waals surface area contributed by atoms with E-state index in [2.05, 4.69) is 24.9 Å². The van der Waals surface area contributed by atoms with Crippen LogP contribution in [-0.4, -0.2) is 65.8 Å². The predicted octanol–water partition coefficient (Wildman–Crippen LogP) is 3.17. The molecule has 0 amide bonds. The first-order valence-corrected chi connectivity index (χ1v) is 12.8. The lowest BCUT2D eigenvalue weighted by Gasteiger charge is -2.25. The molecule has 14 heteroatoms. The molecular formula is C22H29ClN6O6S.